The average molecular weight is 418 g/mol. The van der Waals surface area contributed by atoms with Crippen molar-refractivity contribution in [3.8, 4) is 0 Å². The van der Waals surface area contributed by atoms with E-state index in [1.54, 1.807) is 0 Å². The molecule has 30 heavy (non-hydrogen) atoms. The number of benzene rings is 1. The fraction of sp³-hybridized carbons (Fsp3) is 0.545. The van der Waals surface area contributed by atoms with E-state index in [4.69, 9.17) is 4.74 Å². The third kappa shape index (κ3) is 7.50. The Labute approximate surface area is 176 Å². The summed E-state index contributed by atoms with van der Waals surface area (Å²) in [5, 5.41) is 14.7. The summed E-state index contributed by atoms with van der Waals surface area (Å²) >= 11 is 0. The number of ketones is 1. The largest absolute Gasteiger partial charge is 0.480 e. The number of carboxylic acids is 1. The molecule has 1 aliphatic carbocycles. The van der Waals surface area contributed by atoms with Gasteiger partial charge in [-0.25, -0.2) is 9.59 Å². The number of carboxylic acid groups (broad SMARTS) is 1. The molecule has 0 spiro atoms. The molecule has 0 aromatic heterocycles. The molecule has 0 saturated heterocycles. The highest BCUT2D eigenvalue weighted by molar-refractivity contribution is 5.90. The highest BCUT2D eigenvalue weighted by Crippen LogP contribution is 2.25. The van der Waals surface area contributed by atoms with Crippen molar-refractivity contribution in [3.05, 3.63) is 35.9 Å². The van der Waals surface area contributed by atoms with Gasteiger partial charge in [-0.15, -0.1) is 0 Å². The summed E-state index contributed by atoms with van der Waals surface area (Å²) in [5.41, 5.74) is 0.811. The molecular formula is C22H30N2O6. The monoisotopic (exact) mass is 418 g/mol. The van der Waals surface area contributed by atoms with Crippen LogP contribution in [0.5, 0.6) is 0 Å². The van der Waals surface area contributed by atoms with E-state index in [1.807, 2.05) is 44.2 Å². The summed E-state index contributed by atoms with van der Waals surface area (Å²) in [6.45, 7) is 3.85. The van der Waals surface area contributed by atoms with Gasteiger partial charge < -0.3 is 20.5 Å². The summed E-state index contributed by atoms with van der Waals surface area (Å²) in [5.74, 6) is -2.14. The smallest absolute Gasteiger partial charge is 0.408 e. The van der Waals surface area contributed by atoms with Crippen LogP contribution in [-0.4, -0.2) is 40.9 Å². The predicted octanol–water partition coefficient (Wildman–Crippen LogP) is 2.66. The zero-order valence-corrected chi connectivity index (χ0v) is 17.4. The molecule has 0 heterocycles. The highest BCUT2D eigenvalue weighted by Gasteiger charge is 2.35. The Balaban J connectivity index is 1.99. The SMILES string of the molecule is CC(C)C[C@H](NC(=O)OCc1ccccc1)C(=O)N[C@@H](C(=O)O)[C@@H]1CCCC(=O)C1. The minimum Gasteiger partial charge on any atom is -0.480 e. The van der Waals surface area contributed by atoms with Crippen molar-refractivity contribution >= 4 is 23.8 Å². The molecule has 1 aliphatic rings. The maximum atomic E-state index is 12.8. The molecule has 1 aromatic rings. The summed E-state index contributed by atoms with van der Waals surface area (Å²) in [7, 11) is 0. The first-order chi connectivity index (χ1) is 14.3. The second-order valence-corrected chi connectivity index (χ2v) is 8.11. The molecule has 1 fully saturated rings. The van der Waals surface area contributed by atoms with Crippen LogP contribution in [0.2, 0.25) is 0 Å². The lowest BCUT2D eigenvalue weighted by atomic mass is 9.83. The van der Waals surface area contributed by atoms with Crippen LogP contribution in [0.3, 0.4) is 0 Å². The van der Waals surface area contributed by atoms with Crippen LogP contribution in [0.4, 0.5) is 4.79 Å². The molecule has 3 N–H and O–H groups in total. The van der Waals surface area contributed by atoms with Crippen molar-refractivity contribution in [2.75, 3.05) is 0 Å². The number of ether oxygens (including phenoxy) is 1. The summed E-state index contributed by atoms with van der Waals surface area (Å²) in [6, 6.07) is 7.03. The number of hydrogen-bond acceptors (Lipinski definition) is 5. The third-order valence-corrected chi connectivity index (χ3v) is 5.08. The number of carbonyl (C=O) groups excluding carboxylic acids is 3. The molecule has 3 atom stereocenters. The standard InChI is InChI=1S/C22H30N2O6/c1-14(2)11-18(23-22(29)30-13-15-7-4-3-5-8-15)20(26)24-19(21(27)28)16-9-6-10-17(25)12-16/h3-5,7-8,14,16,18-19H,6,9-13H2,1-2H3,(H,23,29)(H,24,26)(H,27,28)/t16-,18+,19-/m1/s1. The Kier molecular flexibility index (Phi) is 8.83. The fourth-order valence-electron chi connectivity index (χ4n) is 3.59. The van der Waals surface area contributed by atoms with Crippen molar-refractivity contribution in [2.24, 2.45) is 11.8 Å². The van der Waals surface area contributed by atoms with Gasteiger partial charge in [0.25, 0.3) is 0 Å². The molecular weight excluding hydrogens is 388 g/mol. The van der Waals surface area contributed by atoms with E-state index in [-0.39, 0.29) is 24.7 Å². The Morgan fingerprint density at radius 2 is 1.87 bits per heavy atom. The quantitative estimate of drug-likeness (QED) is 0.567. The van der Waals surface area contributed by atoms with E-state index >= 15 is 0 Å². The van der Waals surface area contributed by atoms with Crippen molar-refractivity contribution in [3.63, 3.8) is 0 Å². The molecule has 0 aliphatic heterocycles. The lowest BCUT2D eigenvalue weighted by molar-refractivity contribution is -0.144. The molecule has 0 bridgehead atoms. The van der Waals surface area contributed by atoms with Crippen LogP contribution >= 0.6 is 0 Å². The maximum absolute atomic E-state index is 12.8. The Hall–Kier alpha value is -2.90. The van der Waals surface area contributed by atoms with Crippen molar-refractivity contribution in [2.45, 2.75) is 64.6 Å². The van der Waals surface area contributed by atoms with E-state index in [0.717, 1.165) is 5.56 Å². The number of aliphatic carboxylic acids is 1. The first-order valence-electron chi connectivity index (χ1n) is 10.3. The van der Waals surface area contributed by atoms with Crippen molar-refractivity contribution in [1.29, 1.82) is 0 Å². The van der Waals surface area contributed by atoms with Gasteiger partial charge in [0, 0.05) is 12.8 Å². The summed E-state index contributed by atoms with van der Waals surface area (Å²) < 4.78 is 5.18. The molecule has 2 amide bonds. The molecule has 1 saturated carbocycles. The van der Waals surface area contributed by atoms with Gasteiger partial charge in [-0.1, -0.05) is 44.2 Å². The topological polar surface area (TPSA) is 122 Å². The van der Waals surface area contributed by atoms with Gasteiger partial charge in [0.15, 0.2) is 0 Å². The minimum atomic E-state index is -1.18. The molecule has 1 aromatic carbocycles. The molecule has 2 rings (SSSR count). The first-order valence-corrected chi connectivity index (χ1v) is 10.3. The number of nitrogens with one attached hydrogen (secondary N) is 2. The van der Waals surface area contributed by atoms with Crippen molar-refractivity contribution in [1.82, 2.24) is 10.6 Å². The highest BCUT2D eigenvalue weighted by atomic mass is 16.5. The van der Waals surface area contributed by atoms with Gasteiger partial charge in [0.05, 0.1) is 0 Å². The molecule has 0 unspecified atom stereocenters. The van der Waals surface area contributed by atoms with Crippen LogP contribution < -0.4 is 10.6 Å². The van der Waals surface area contributed by atoms with Gasteiger partial charge in [0.1, 0.15) is 24.5 Å². The second kappa shape index (κ2) is 11.3. The van der Waals surface area contributed by atoms with E-state index in [2.05, 4.69) is 10.6 Å². The number of alkyl carbamates (subject to hydrolysis) is 1. The van der Waals surface area contributed by atoms with E-state index in [9.17, 15) is 24.3 Å². The first kappa shape index (κ1) is 23.4. The predicted molar refractivity (Wildman–Crippen MR) is 110 cm³/mol. The Morgan fingerprint density at radius 1 is 1.17 bits per heavy atom. The molecule has 8 nitrogen and oxygen atoms in total. The number of Topliss-reactive ketones (excluding diaryl/α,β-unsaturated/α-hetero) is 1. The zero-order chi connectivity index (χ0) is 22.1. The van der Waals surface area contributed by atoms with Crippen LogP contribution in [0.25, 0.3) is 0 Å². The number of hydrogen-bond donors (Lipinski definition) is 3. The van der Waals surface area contributed by atoms with Gasteiger partial charge in [-0.3, -0.25) is 9.59 Å². The van der Waals surface area contributed by atoms with Crippen LogP contribution in [-0.2, 0) is 25.7 Å². The van der Waals surface area contributed by atoms with Gasteiger partial charge in [-0.2, -0.15) is 0 Å². The van der Waals surface area contributed by atoms with E-state index in [1.165, 1.54) is 0 Å². The Morgan fingerprint density at radius 3 is 2.47 bits per heavy atom. The number of carbonyl (C=O) groups is 4. The number of rotatable bonds is 9. The van der Waals surface area contributed by atoms with Crippen LogP contribution in [0, 0.1) is 11.8 Å². The Bertz CT molecular complexity index is 749. The molecule has 0 radical (unpaired) electrons. The van der Waals surface area contributed by atoms with Crippen LogP contribution in [0.1, 0.15) is 51.5 Å². The molecule has 8 heteroatoms. The third-order valence-electron chi connectivity index (χ3n) is 5.08. The maximum Gasteiger partial charge on any atom is 0.408 e. The fourth-order valence-corrected chi connectivity index (χ4v) is 3.59. The summed E-state index contributed by atoms with van der Waals surface area (Å²) in [6.07, 6.45) is 1.33. The van der Waals surface area contributed by atoms with Gasteiger partial charge >= 0.3 is 12.1 Å². The summed E-state index contributed by atoms with van der Waals surface area (Å²) in [4.78, 5) is 48.5. The van der Waals surface area contributed by atoms with Gasteiger partial charge in [-0.05, 0) is 36.7 Å². The lowest BCUT2D eigenvalue weighted by Crippen LogP contribution is -2.54. The van der Waals surface area contributed by atoms with E-state index in [0.29, 0.717) is 25.7 Å². The number of amides is 2. The van der Waals surface area contributed by atoms with E-state index < -0.39 is 36.0 Å². The normalized spacial score (nSPS) is 18.4. The van der Waals surface area contributed by atoms with Crippen LogP contribution in [0.15, 0.2) is 30.3 Å². The van der Waals surface area contributed by atoms with Gasteiger partial charge in [0.2, 0.25) is 5.91 Å². The average Bonchev–Trinajstić information content (AvgIpc) is 2.70. The minimum absolute atomic E-state index is 0.00749. The van der Waals surface area contributed by atoms with Crippen molar-refractivity contribution < 1.29 is 29.0 Å². The molecule has 164 valence electrons. The second-order valence-electron chi connectivity index (χ2n) is 8.11. The zero-order valence-electron chi connectivity index (χ0n) is 17.4. The lowest BCUT2D eigenvalue weighted by Gasteiger charge is -2.29.